The fraction of sp³-hybridized carbons (Fsp3) is 0.150. The van der Waals surface area contributed by atoms with Crippen molar-refractivity contribution in [1.82, 2.24) is 9.88 Å². The summed E-state index contributed by atoms with van der Waals surface area (Å²) in [5, 5.41) is 8.00. The molecule has 1 amide bonds. The predicted molar refractivity (Wildman–Crippen MR) is 104 cm³/mol. The minimum Gasteiger partial charge on any atom is -0.352 e. The number of amides is 1. The zero-order chi connectivity index (χ0) is 19.3. The molecule has 0 atom stereocenters. The molecule has 0 fully saturated rings. The van der Waals surface area contributed by atoms with E-state index in [0.29, 0.717) is 12.1 Å². The van der Waals surface area contributed by atoms with Crippen molar-refractivity contribution in [3.63, 3.8) is 0 Å². The molecule has 0 aliphatic rings. The highest BCUT2D eigenvalue weighted by Crippen LogP contribution is 2.12. The average molecular weight is 383 g/mol. The molecule has 0 spiro atoms. The van der Waals surface area contributed by atoms with E-state index >= 15 is 0 Å². The third-order valence-corrected chi connectivity index (χ3v) is 5.12. The van der Waals surface area contributed by atoms with Crippen molar-refractivity contribution in [3.8, 4) is 5.69 Å². The number of aryl methyl sites for hydroxylation is 1. The lowest BCUT2D eigenvalue weighted by atomic mass is 10.1. The molecule has 0 saturated carbocycles. The Labute approximate surface area is 158 Å². The second-order valence-corrected chi connectivity index (χ2v) is 7.75. The van der Waals surface area contributed by atoms with E-state index in [4.69, 9.17) is 5.14 Å². The van der Waals surface area contributed by atoms with Gasteiger partial charge in [-0.3, -0.25) is 4.79 Å². The van der Waals surface area contributed by atoms with Crippen molar-refractivity contribution in [2.24, 2.45) is 5.14 Å². The van der Waals surface area contributed by atoms with Crippen molar-refractivity contribution in [1.29, 1.82) is 0 Å². The molecule has 2 aromatic carbocycles. The number of nitrogens with two attached hydrogens (primary N) is 1. The first-order chi connectivity index (χ1) is 12.9. The second kappa shape index (κ2) is 8.20. The average Bonchev–Trinajstić information content (AvgIpc) is 3.20. The summed E-state index contributed by atoms with van der Waals surface area (Å²) in [5.74, 6) is -0.117. The SMILES string of the molecule is NS(=O)(=O)c1ccc(CCCNC(=O)c2cccc(-n3cccc3)c2)cc1. The normalized spacial score (nSPS) is 11.3. The van der Waals surface area contributed by atoms with Crippen LogP contribution in [-0.2, 0) is 16.4 Å². The van der Waals surface area contributed by atoms with Gasteiger partial charge in [-0.1, -0.05) is 18.2 Å². The molecule has 1 heterocycles. The molecule has 27 heavy (non-hydrogen) atoms. The second-order valence-electron chi connectivity index (χ2n) is 6.19. The van der Waals surface area contributed by atoms with Crippen LogP contribution >= 0.6 is 0 Å². The van der Waals surface area contributed by atoms with Gasteiger partial charge in [0, 0.05) is 30.2 Å². The molecule has 6 nitrogen and oxygen atoms in total. The van der Waals surface area contributed by atoms with Crippen LogP contribution in [0.25, 0.3) is 5.69 Å². The largest absolute Gasteiger partial charge is 0.352 e. The summed E-state index contributed by atoms with van der Waals surface area (Å²) < 4.78 is 24.4. The Kier molecular flexibility index (Phi) is 5.73. The van der Waals surface area contributed by atoms with Gasteiger partial charge in [0.15, 0.2) is 0 Å². The van der Waals surface area contributed by atoms with Gasteiger partial charge >= 0.3 is 0 Å². The van der Waals surface area contributed by atoms with Crippen molar-refractivity contribution in [2.75, 3.05) is 6.54 Å². The van der Waals surface area contributed by atoms with Crippen LogP contribution < -0.4 is 10.5 Å². The lowest BCUT2D eigenvalue weighted by molar-refractivity contribution is 0.0953. The number of carbonyl (C=O) groups excluding carboxylic acids is 1. The number of hydrogen-bond donors (Lipinski definition) is 2. The molecular weight excluding hydrogens is 362 g/mol. The third-order valence-electron chi connectivity index (χ3n) is 4.19. The molecular formula is C20H21N3O3S. The molecule has 0 aliphatic heterocycles. The van der Waals surface area contributed by atoms with Crippen LogP contribution in [0.2, 0.25) is 0 Å². The number of aromatic nitrogens is 1. The zero-order valence-electron chi connectivity index (χ0n) is 14.7. The van der Waals surface area contributed by atoms with Gasteiger partial charge in [0.05, 0.1) is 4.90 Å². The Balaban J connectivity index is 1.51. The van der Waals surface area contributed by atoms with Gasteiger partial charge in [0.2, 0.25) is 10.0 Å². The smallest absolute Gasteiger partial charge is 0.251 e. The van der Waals surface area contributed by atoms with Gasteiger partial charge < -0.3 is 9.88 Å². The highest BCUT2D eigenvalue weighted by atomic mass is 32.2. The van der Waals surface area contributed by atoms with Crippen LogP contribution in [-0.4, -0.2) is 25.4 Å². The van der Waals surface area contributed by atoms with Crippen LogP contribution in [0.4, 0.5) is 0 Å². The number of carbonyl (C=O) groups is 1. The minimum absolute atomic E-state index is 0.0992. The molecule has 3 aromatic rings. The number of sulfonamides is 1. The zero-order valence-corrected chi connectivity index (χ0v) is 15.5. The van der Waals surface area contributed by atoms with Gasteiger partial charge in [0.1, 0.15) is 0 Å². The molecule has 7 heteroatoms. The first-order valence-electron chi connectivity index (χ1n) is 8.57. The van der Waals surface area contributed by atoms with Crippen LogP contribution in [0.3, 0.4) is 0 Å². The molecule has 140 valence electrons. The highest BCUT2D eigenvalue weighted by molar-refractivity contribution is 7.89. The maximum Gasteiger partial charge on any atom is 0.251 e. The van der Waals surface area contributed by atoms with Gasteiger partial charge in [-0.15, -0.1) is 0 Å². The van der Waals surface area contributed by atoms with E-state index in [-0.39, 0.29) is 10.8 Å². The summed E-state index contributed by atoms with van der Waals surface area (Å²) in [5.41, 5.74) is 2.53. The van der Waals surface area contributed by atoms with Crippen molar-refractivity contribution in [2.45, 2.75) is 17.7 Å². The van der Waals surface area contributed by atoms with E-state index in [2.05, 4.69) is 5.32 Å². The Morgan fingerprint density at radius 3 is 2.37 bits per heavy atom. The standard InChI is InChI=1S/C20H21N3O3S/c21-27(25,26)19-10-8-16(9-11-19)5-4-12-22-20(24)17-6-3-7-18(15-17)23-13-1-2-14-23/h1-3,6-11,13-15H,4-5,12H2,(H,22,24)(H2,21,25,26). The molecule has 0 bridgehead atoms. The van der Waals surface area contributed by atoms with Crippen LogP contribution in [0.5, 0.6) is 0 Å². The monoisotopic (exact) mass is 383 g/mol. The van der Waals surface area contributed by atoms with Crippen molar-refractivity contribution >= 4 is 15.9 Å². The number of benzene rings is 2. The van der Waals surface area contributed by atoms with E-state index < -0.39 is 10.0 Å². The minimum atomic E-state index is -3.67. The van der Waals surface area contributed by atoms with Gasteiger partial charge in [-0.25, -0.2) is 13.6 Å². The summed E-state index contributed by atoms with van der Waals surface area (Å²) in [4.78, 5) is 12.4. The maximum atomic E-state index is 12.3. The lowest BCUT2D eigenvalue weighted by Gasteiger charge is -2.08. The van der Waals surface area contributed by atoms with E-state index in [1.54, 1.807) is 18.2 Å². The topological polar surface area (TPSA) is 94.2 Å². The molecule has 1 aromatic heterocycles. The van der Waals surface area contributed by atoms with Gasteiger partial charge in [0.25, 0.3) is 5.91 Å². The maximum absolute atomic E-state index is 12.3. The van der Waals surface area contributed by atoms with Crippen molar-refractivity contribution < 1.29 is 13.2 Å². The predicted octanol–water partition coefficient (Wildman–Crippen LogP) is 2.49. The van der Waals surface area contributed by atoms with Crippen molar-refractivity contribution in [3.05, 3.63) is 84.2 Å². The van der Waals surface area contributed by atoms with E-state index in [9.17, 15) is 13.2 Å². The molecule has 0 unspecified atom stereocenters. The quantitative estimate of drug-likeness (QED) is 0.614. The number of primary sulfonamides is 1. The van der Waals surface area contributed by atoms with Gasteiger partial charge in [-0.05, 0) is 60.9 Å². The summed E-state index contributed by atoms with van der Waals surface area (Å²) >= 11 is 0. The van der Waals surface area contributed by atoms with Gasteiger partial charge in [-0.2, -0.15) is 0 Å². The summed E-state index contributed by atoms with van der Waals surface area (Å²) in [6.07, 6.45) is 5.34. The van der Waals surface area contributed by atoms with E-state index in [1.165, 1.54) is 12.1 Å². The summed E-state index contributed by atoms with van der Waals surface area (Å²) in [6.45, 7) is 0.531. The molecule has 0 aliphatic carbocycles. The van der Waals surface area contributed by atoms with E-state index in [0.717, 1.165) is 24.1 Å². The number of hydrogen-bond acceptors (Lipinski definition) is 3. The Morgan fingerprint density at radius 1 is 1.00 bits per heavy atom. The lowest BCUT2D eigenvalue weighted by Crippen LogP contribution is -2.24. The summed E-state index contributed by atoms with van der Waals surface area (Å²) in [6, 6.07) is 17.8. The number of nitrogens with one attached hydrogen (secondary N) is 1. The molecule has 0 radical (unpaired) electrons. The van der Waals surface area contributed by atoms with Crippen LogP contribution in [0, 0.1) is 0 Å². The first-order valence-corrected chi connectivity index (χ1v) is 10.1. The van der Waals surface area contributed by atoms with Crippen LogP contribution in [0.1, 0.15) is 22.3 Å². The Bertz CT molecular complexity index is 1010. The number of nitrogens with zero attached hydrogens (tertiary/aromatic N) is 1. The third kappa shape index (κ3) is 5.06. The fourth-order valence-electron chi connectivity index (χ4n) is 2.76. The first kappa shape index (κ1) is 18.9. The summed E-state index contributed by atoms with van der Waals surface area (Å²) in [7, 11) is -3.67. The highest BCUT2D eigenvalue weighted by Gasteiger charge is 2.08. The fourth-order valence-corrected chi connectivity index (χ4v) is 3.27. The van der Waals surface area contributed by atoms with Crippen LogP contribution in [0.15, 0.2) is 78.0 Å². The van der Waals surface area contributed by atoms with E-state index in [1.807, 2.05) is 47.3 Å². The Hall–Kier alpha value is -2.90. The Morgan fingerprint density at radius 2 is 1.70 bits per heavy atom. The molecule has 0 saturated heterocycles. The molecule has 3 rings (SSSR count). The number of rotatable bonds is 7. The molecule has 3 N–H and O–H groups in total.